The Morgan fingerprint density at radius 2 is 1.69 bits per heavy atom. The van der Waals surface area contributed by atoms with Crippen LogP contribution < -0.4 is 11.3 Å². The summed E-state index contributed by atoms with van der Waals surface area (Å²) in [5, 5.41) is 0.774. The Kier molecular flexibility index (Phi) is 7.61. The summed E-state index contributed by atoms with van der Waals surface area (Å²) in [6.45, 7) is 7.12. The normalized spacial score (nSPS) is 12.3. The van der Waals surface area contributed by atoms with E-state index in [1.165, 1.54) is 0 Å². The van der Waals surface area contributed by atoms with Crippen molar-refractivity contribution in [3.63, 3.8) is 0 Å². The van der Waals surface area contributed by atoms with Gasteiger partial charge >= 0.3 is 0 Å². The van der Waals surface area contributed by atoms with Crippen LogP contribution in [0.4, 0.5) is 0 Å². The van der Waals surface area contributed by atoms with Crippen LogP contribution in [0.15, 0.2) is 88.1 Å². The SMILES string of the molecule is Cc1ccc(C(=O)N(CCN)C(CC(C)C)c2nc3c(oc4ccccc43)c(=O)n2Cc2ccccc2)cc1. The molecule has 39 heavy (non-hydrogen) atoms. The zero-order chi connectivity index (χ0) is 27.5. The molecule has 2 N–H and O–H groups in total. The molecule has 0 aliphatic carbocycles. The van der Waals surface area contributed by atoms with E-state index in [1.54, 1.807) is 9.47 Å². The molecule has 3 aromatic carbocycles. The summed E-state index contributed by atoms with van der Waals surface area (Å²) in [7, 11) is 0. The third-order valence-electron chi connectivity index (χ3n) is 6.99. The average molecular weight is 523 g/mol. The number of nitrogens with zero attached hydrogens (tertiary/aromatic N) is 3. The van der Waals surface area contributed by atoms with Crippen LogP contribution >= 0.6 is 0 Å². The maximum atomic E-state index is 14.1. The van der Waals surface area contributed by atoms with Gasteiger partial charge in [-0.1, -0.05) is 74.0 Å². The lowest BCUT2D eigenvalue weighted by molar-refractivity contribution is 0.0645. The Morgan fingerprint density at radius 3 is 2.38 bits per heavy atom. The molecule has 0 radical (unpaired) electrons. The molecule has 5 rings (SSSR count). The summed E-state index contributed by atoms with van der Waals surface area (Å²) in [6, 6.07) is 24.4. The fraction of sp³-hybridized carbons (Fsp3) is 0.281. The Labute approximate surface area is 227 Å². The molecular formula is C32H34N4O3. The first-order valence-corrected chi connectivity index (χ1v) is 13.4. The maximum Gasteiger partial charge on any atom is 0.297 e. The van der Waals surface area contributed by atoms with E-state index >= 15 is 0 Å². The van der Waals surface area contributed by atoms with E-state index in [2.05, 4.69) is 13.8 Å². The molecule has 2 aromatic heterocycles. The van der Waals surface area contributed by atoms with Crippen molar-refractivity contribution in [2.24, 2.45) is 11.7 Å². The molecular weight excluding hydrogens is 488 g/mol. The van der Waals surface area contributed by atoms with Crippen LogP contribution in [0.3, 0.4) is 0 Å². The second-order valence-corrected chi connectivity index (χ2v) is 10.4. The van der Waals surface area contributed by atoms with Crippen LogP contribution in [0.2, 0.25) is 0 Å². The minimum Gasteiger partial charge on any atom is -0.448 e. The lowest BCUT2D eigenvalue weighted by Gasteiger charge is -2.33. The first kappa shape index (κ1) is 26.4. The molecule has 0 aliphatic rings. The topological polar surface area (TPSA) is 94.4 Å². The molecule has 7 heteroatoms. The van der Waals surface area contributed by atoms with Gasteiger partial charge in [0.2, 0.25) is 5.58 Å². The number of benzene rings is 3. The van der Waals surface area contributed by atoms with Crippen molar-refractivity contribution in [1.29, 1.82) is 0 Å². The zero-order valence-corrected chi connectivity index (χ0v) is 22.6. The van der Waals surface area contributed by atoms with Gasteiger partial charge in [-0.15, -0.1) is 0 Å². The molecule has 2 heterocycles. The second kappa shape index (κ2) is 11.3. The highest BCUT2D eigenvalue weighted by Gasteiger charge is 2.31. The lowest BCUT2D eigenvalue weighted by atomic mass is 9.99. The fourth-order valence-corrected chi connectivity index (χ4v) is 5.08. The van der Waals surface area contributed by atoms with Crippen LogP contribution in [-0.2, 0) is 6.54 Å². The minimum absolute atomic E-state index is 0.135. The van der Waals surface area contributed by atoms with Crippen molar-refractivity contribution >= 4 is 28.0 Å². The first-order valence-electron chi connectivity index (χ1n) is 13.4. The van der Waals surface area contributed by atoms with E-state index in [0.29, 0.717) is 42.0 Å². The molecule has 0 fully saturated rings. The number of rotatable bonds is 9. The van der Waals surface area contributed by atoms with Crippen molar-refractivity contribution in [3.05, 3.63) is 112 Å². The number of carbonyl (C=O) groups is 1. The van der Waals surface area contributed by atoms with Gasteiger partial charge < -0.3 is 15.1 Å². The van der Waals surface area contributed by atoms with Crippen molar-refractivity contribution in [1.82, 2.24) is 14.5 Å². The van der Waals surface area contributed by atoms with E-state index in [0.717, 1.165) is 16.5 Å². The van der Waals surface area contributed by atoms with Gasteiger partial charge in [0.15, 0.2) is 0 Å². The Morgan fingerprint density at radius 1 is 1.00 bits per heavy atom. The third kappa shape index (κ3) is 5.36. The predicted octanol–water partition coefficient (Wildman–Crippen LogP) is 5.69. The van der Waals surface area contributed by atoms with Crippen LogP contribution in [0.5, 0.6) is 0 Å². The van der Waals surface area contributed by atoms with Crippen LogP contribution in [0, 0.1) is 12.8 Å². The number of para-hydroxylation sites is 1. The largest absolute Gasteiger partial charge is 0.448 e. The zero-order valence-electron chi connectivity index (χ0n) is 22.6. The summed E-state index contributed by atoms with van der Waals surface area (Å²) in [5.74, 6) is 0.620. The van der Waals surface area contributed by atoms with Crippen LogP contribution in [0.1, 0.15) is 53.6 Å². The number of aryl methyl sites for hydroxylation is 1. The smallest absolute Gasteiger partial charge is 0.297 e. The lowest BCUT2D eigenvalue weighted by Crippen LogP contribution is -2.42. The fourth-order valence-electron chi connectivity index (χ4n) is 5.08. The summed E-state index contributed by atoms with van der Waals surface area (Å²) >= 11 is 0. The standard InChI is InChI=1S/C32H34N4O3/c1-21(2)19-26(35(18-17-33)31(37)24-15-13-22(3)14-16-24)30-34-28-25-11-7-8-12-27(25)39-29(28)32(38)36(30)20-23-9-5-4-6-10-23/h4-16,21,26H,17-20,33H2,1-3H3. The highest BCUT2D eigenvalue weighted by atomic mass is 16.3. The average Bonchev–Trinajstić information content (AvgIpc) is 3.31. The number of carbonyl (C=O) groups excluding carboxylic acids is 1. The molecule has 0 spiro atoms. The molecule has 1 amide bonds. The molecule has 0 saturated heterocycles. The van der Waals surface area contributed by atoms with Crippen molar-refractivity contribution in [2.75, 3.05) is 13.1 Å². The van der Waals surface area contributed by atoms with E-state index in [-0.39, 0.29) is 29.5 Å². The summed E-state index contributed by atoms with van der Waals surface area (Å²) in [6.07, 6.45) is 0.611. The minimum atomic E-state index is -0.475. The first-order chi connectivity index (χ1) is 18.9. The van der Waals surface area contributed by atoms with Crippen molar-refractivity contribution in [2.45, 2.75) is 39.8 Å². The highest BCUT2D eigenvalue weighted by Crippen LogP contribution is 2.32. The van der Waals surface area contributed by atoms with E-state index < -0.39 is 6.04 Å². The van der Waals surface area contributed by atoms with E-state index in [1.807, 2.05) is 85.8 Å². The highest BCUT2D eigenvalue weighted by molar-refractivity contribution is 6.02. The van der Waals surface area contributed by atoms with Crippen molar-refractivity contribution < 1.29 is 9.21 Å². The summed E-state index contributed by atoms with van der Waals surface area (Å²) < 4.78 is 7.68. The second-order valence-electron chi connectivity index (χ2n) is 10.4. The molecule has 0 saturated carbocycles. The summed E-state index contributed by atoms with van der Waals surface area (Å²) in [4.78, 5) is 34.9. The number of aromatic nitrogens is 2. The Bertz CT molecular complexity index is 1650. The van der Waals surface area contributed by atoms with Gasteiger partial charge in [0.25, 0.3) is 11.5 Å². The maximum absolute atomic E-state index is 14.1. The Balaban J connectivity index is 1.75. The quantitative estimate of drug-likeness (QED) is 0.268. The number of hydrogen-bond acceptors (Lipinski definition) is 5. The molecule has 200 valence electrons. The van der Waals surface area contributed by atoms with E-state index in [9.17, 15) is 9.59 Å². The van der Waals surface area contributed by atoms with E-state index in [4.69, 9.17) is 15.1 Å². The monoisotopic (exact) mass is 522 g/mol. The number of furan rings is 1. The molecule has 7 nitrogen and oxygen atoms in total. The number of nitrogens with two attached hydrogens (primary N) is 1. The van der Waals surface area contributed by atoms with Gasteiger partial charge in [0, 0.05) is 24.0 Å². The number of fused-ring (bicyclic) bond motifs is 3. The van der Waals surface area contributed by atoms with Crippen LogP contribution in [-0.4, -0.2) is 33.4 Å². The van der Waals surface area contributed by atoms with Gasteiger partial charge in [0.1, 0.15) is 16.9 Å². The molecule has 5 aromatic rings. The van der Waals surface area contributed by atoms with Crippen LogP contribution in [0.25, 0.3) is 22.1 Å². The third-order valence-corrected chi connectivity index (χ3v) is 6.99. The summed E-state index contributed by atoms with van der Waals surface area (Å²) in [5.41, 5.74) is 9.74. The Hall–Kier alpha value is -4.23. The van der Waals surface area contributed by atoms with Gasteiger partial charge in [0.05, 0.1) is 12.6 Å². The molecule has 1 unspecified atom stereocenters. The predicted molar refractivity (Wildman–Crippen MR) is 155 cm³/mol. The van der Waals surface area contributed by atoms with Gasteiger partial charge in [-0.2, -0.15) is 0 Å². The molecule has 1 atom stereocenters. The number of amides is 1. The number of hydrogen-bond donors (Lipinski definition) is 1. The van der Waals surface area contributed by atoms with Gasteiger partial charge in [-0.05, 0) is 49.1 Å². The molecule has 0 bridgehead atoms. The van der Waals surface area contributed by atoms with Crippen molar-refractivity contribution in [3.8, 4) is 0 Å². The van der Waals surface area contributed by atoms with Gasteiger partial charge in [-0.25, -0.2) is 4.98 Å². The van der Waals surface area contributed by atoms with Gasteiger partial charge in [-0.3, -0.25) is 14.2 Å². The molecule has 0 aliphatic heterocycles.